The molecular formula is C15H23N3O3. The second-order valence-electron chi connectivity index (χ2n) is 5.19. The van der Waals surface area contributed by atoms with Crippen molar-refractivity contribution in [2.75, 3.05) is 6.54 Å². The zero-order chi connectivity index (χ0) is 16.0. The number of hydrogen-bond donors (Lipinski definition) is 2. The maximum absolute atomic E-state index is 12.3. The van der Waals surface area contributed by atoms with Crippen molar-refractivity contribution in [3.05, 3.63) is 39.4 Å². The molecule has 0 atom stereocenters. The molecule has 0 saturated carbocycles. The molecule has 0 aromatic heterocycles. The molecule has 0 heterocycles. The minimum atomic E-state index is -0.561. The number of rotatable bonds is 7. The fourth-order valence-electron chi connectivity index (χ4n) is 2.37. The quantitative estimate of drug-likeness (QED) is 0.595. The lowest BCUT2D eigenvalue weighted by Crippen LogP contribution is -2.45. The van der Waals surface area contributed by atoms with Crippen LogP contribution in [0, 0.1) is 22.5 Å². The smallest absolute Gasteiger partial charge is 0.272 e. The van der Waals surface area contributed by atoms with E-state index < -0.39 is 10.3 Å². The highest BCUT2D eigenvalue weighted by Gasteiger charge is 2.33. The van der Waals surface area contributed by atoms with Crippen molar-refractivity contribution in [1.82, 2.24) is 5.32 Å². The molecule has 6 heteroatoms. The summed E-state index contributed by atoms with van der Waals surface area (Å²) in [5, 5.41) is 13.8. The van der Waals surface area contributed by atoms with Gasteiger partial charge >= 0.3 is 0 Å². The number of benzene rings is 1. The van der Waals surface area contributed by atoms with Gasteiger partial charge in [-0.25, -0.2) is 0 Å². The van der Waals surface area contributed by atoms with Crippen molar-refractivity contribution >= 4 is 11.6 Å². The van der Waals surface area contributed by atoms with Crippen LogP contribution in [0.25, 0.3) is 0 Å². The lowest BCUT2D eigenvalue weighted by molar-refractivity contribution is -0.385. The Kier molecular flexibility index (Phi) is 5.84. The van der Waals surface area contributed by atoms with Crippen LogP contribution in [0.5, 0.6) is 0 Å². The lowest BCUT2D eigenvalue weighted by Gasteiger charge is -2.28. The van der Waals surface area contributed by atoms with Gasteiger partial charge in [0.2, 0.25) is 5.91 Å². The summed E-state index contributed by atoms with van der Waals surface area (Å²) in [6.45, 7) is 6.13. The first kappa shape index (κ1) is 17.1. The maximum atomic E-state index is 12.3. The number of nitro benzene ring substituents is 1. The first-order valence-electron chi connectivity index (χ1n) is 7.13. The van der Waals surface area contributed by atoms with Gasteiger partial charge in [0.1, 0.15) is 0 Å². The molecule has 0 unspecified atom stereocenters. The first-order valence-corrected chi connectivity index (χ1v) is 7.13. The Balaban J connectivity index is 2.87. The zero-order valence-electron chi connectivity index (χ0n) is 12.8. The van der Waals surface area contributed by atoms with E-state index in [4.69, 9.17) is 5.73 Å². The van der Waals surface area contributed by atoms with E-state index in [1.54, 1.807) is 19.1 Å². The van der Waals surface area contributed by atoms with Gasteiger partial charge in [-0.05, 0) is 25.3 Å². The minimum Gasteiger partial charge on any atom is -0.351 e. The molecule has 6 nitrogen and oxygen atoms in total. The van der Waals surface area contributed by atoms with Crippen molar-refractivity contribution < 1.29 is 9.72 Å². The largest absolute Gasteiger partial charge is 0.351 e. The number of nitrogens with two attached hydrogens (primary N) is 1. The zero-order valence-corrected chi connectivity index (χ0v) is 12.8. The molecule has 1 amide bonds. The predicted octanol–water partition coefficient (Wildman–Crippen LogP) is 2.28. The van der Waals surface area contributed by atoms with Crippen molar-refractivity contribution in [3.63, 3.8) is 0 Å². The van der Waals surface area contributed by atoms with Gasteiger partial charge in [0, 0.05) is 24.7 Å². The van der Waals surface area contributed by atoms with Crippen LogP contribution >= 0.6 is 0 Å². The summed E-state index contributed by atoms with van der Waals surface area (Å²) in [6, 6.07) is 4.87. The Hall–Kier alpha value is -1.95. The van der Waals surface area contributed by atoms with E-state index in [0.29, 0.717) is 24.9 Å². The van der Waals surface area contributed by atoms with Gasteiger partial charge in [0.15, 0.2) is 0 Å². The minimum absolute atomic E-state index is 0.0674. The van der Waals surface area contributed by atoms with Crippen molar-refractivity contribution in [3.8, 4) is 0 Å². The molecule has 0 aliphatic rings. The van der Waals surface area contributed by atoms with Gasteiger partial charge < -0.3 is 11.1 Å². The van der Waals surface area contributed by atoms with Crippen LogP contribution in [-0.2, 0) is 11.3 Å². The molecule has 1 aromatic carbocycles. The SMILES string of the molecule is CCC(CC)(CN)C(=O)NCc1cccc([N+](=O)[O-])c1C. The molecule has 21 heavy (non-hydrogen) atoms. The number of carbonyl (C=O) groups is 1. The van der Waals surface area contributed by atoms with Crippen LogP contribution in [0.2, 0.25) is 0 Å². The summed E-state index contributed by atoms with van der Waals surface area (Å²) in [7, 11) is 0. The summed E-state index contributed by atoms with van der Waals surface area (Å²) in [6.07, 6.45) is 1.33. The van der Waals surface area contributed by atoms with Crippen LogP contribution < -0.4 is 11.1 Å². The van der Waals surface area contributed by atoms with E-state index in [1.165, 1.54) is 6.07 Å². The maximum Gasteiger partial charge on any atom is 0.272 e. The number of amides is 1. The summed E-state index contributed by atoms with van der Waals surface area (Å²) >= 11 is 0. The standard InChI is InChI=1S/C15H23N3O3/c1-4-15(5-2,10-16)14(19)17-9-12-7-6-8-13(11(12)3)18(20)21/h6-8H,4-5,9-10,16H2,1-3H3,(H,17,19). The second kappa shape index (κ2) is 7.17. The number of nitro groups is 1. The lowest BCUT2D eigenvalue weighted by atomic mass is 9.81. The van der Waals surface area contributed by atoms with Crippen LogP contribution in [0.4, 0.5) is 5.69 Å². The third kappa shape index (κ3) is 3.58. The van der Waals surface area contributed by atoms with Gasteiger partial charge in [-0.2, -0.15) is 0 Å². The summed E-state index contributed by atoms with van der Waals surface area (Å²) in [4.78, 5) is 22.8. The Morgan fingerprint density at radius 2 is 2.00 bits per heavy atom. The number of nitrogens with one attached hydrogen (secondary N) is 1. The molecule has 1 rings (SSSR count). The Morgan fingerprint density at radius 3 is 2.48 bits per heavy atom. The van der Waals surface area contributed by atoms with Gasteiger partial charge in [-0.15, -0.1) is 0 Å². The highest BCUT2D eigenvalue weighted by Crippen LogP contribution is 2.26. The molecule has 0 aliphatic heterocycles. The van der Waals surface area contributed by atoms with E-state index in [1.807, 2.05) is 13.8 Å². The second-order valence-corrected chi connectivity index (χ2v) is 5.19. The highest BCUT2D eigenvalue weighted by molar-refractivity contribution is 5.82. The van der Waals surface area contributed by atoms with E-state index in [9.17, 15) is 14.9 Å². The average Bonchev–Trinajstić information content (AvgIpc) is 2.48. The summed E-state index contributed by atoms with van der Waals surface area (Å²) < 4.78 is 0. The van der Waals surface area contributed by atoms with E-state index in [-0.39, 0.29) is 18.1 Å². The molecule has 1 aromatic rings. The third-order valence-electron chi connectivity index (χ3n) is 4.28. The van der Waals surface area contributed by atoms with E-state index in [0.717, 1.165) is 5.56 Å². The van der Waals surface area contributed by atoms with Crippen LogP contribution in [0.15, 0.2) is 18.2 Å². The van der Waals surface area contributed by atoms with Crippen LogP contribution in [0.3, 0.4) is 0 Å². The predicted molar refractivity (Wildman–Crippen MR) is 81.7 cm³/mol. The third-order valence-corrected chi connectivity index (χ3v) is 4.28. The summed E-state index contributed by atoms with van der Waals surface area (Å²) in [5.41, 5.74) is 6.57. The Bertz CT molecular complexity index is 517. The molecule has 0 aliphatic carbocycles. The normalized spacial score (nSPS) is 11.2. The molecule has 0 radical (unpaired) electrons. The van der Waals surface area contributed by atoms with Gasteiger partial charge in [-0.1, -0.05) is 26.0 Å². The van der Waals surface area contributed by atoms with Crippen LogP contribution in [0.1, 0.15) is 37.8 Å². The molecule has 0 fully saturated rings. The first-order chi connectivity index (χ1) is 9.91. The van der Waals surface area contributed by atoms with E-state index >= 15 is 0 Å². The van der Waals surface area contributed by atoms with Crippen molar-refractivity contribution in [1.29, 1.82) is 0 Å². The van der Waals surface area contributed by atoms with Crippen LogP contribution in [-0.4, -0.2) is 17.4 Å². The Morgan fingerprint density at radius 1 is 1.38 bits per heavy atom. The fourth-order valence-corrected chi connectivity index (χ4v) is 2.37. The monoisotopic (exact) mass is 293 g/mol. The fraction of sp³-hybridized carbons (Fsp3) is 0.533. The topological polar surface area (TPSA) is 98.3 Å². The number of nitrogens with zero attached hydrogens (tertiary/aromatic N) is 1. The van der Waals surface area contributed by atoms with Gasteiger partial charge in [0.25, 0.3) is 5.69 Å². The van der Waals surface area contributed by atoms with E-state index in [2.05, 4.69) is 5.32 Å². The van der Waals surface area contributed by atoms with Gasteiger partial charge in [-0.3, -0.25) is 14.9 Å². The van der Waals surface area contributed by atoms with Crippen molar-refractivity contribution in [2.24, 2.45) is 11.1 Å². The molecule has 3 N–H and O–H groups in total. The number of carbonyl (C=O) groups excluding carboxylic acids is 1. The summed E-state index contributed by atoms with van der Waals surface area (Å²) in [5.74, 6) is -0.0964. The van der Waals surface area contributed by atoms with Gasteiger partial charge in [0.05, 0.1) is 10.3 Å². The van der Waals surface area contributed by atoms with Crippen molar-refractivity contribution in [2.45, 2.75) is 40.2 Å². The molecular weight excluding hydrogens is 270 g/mol. The molecule has 0 bridgehead atoms. The number of hydrogen-bond acceptors (Lipinski definition) is 4. The molecule has 0 spiro atoms. The highest BCUT2D eigenvalue weighted by atomic mass is 16.6. The Labute approximate surface area is 124 Å². The average molecular weight is 293 g/mol. The molecule has 116 valence electrons. The molecule has 0 saturated heterocycles.